The van der Waals surface area contributed by atoms with Gasteiger partial charge in [-0.25, -0.2) is 4.98 Å². The number of carbonyl (C=O) groups is 1. The summed E-state index contributed by atoms with van der Waals surface area (Å²) in [5, 5.41) is 5.27. The Morgan fingerprint density at radius 3 is 2.81 bits per heavy atom. The first kappa shape index (κ1) is 19.6. The molecule has 0 unspecified atom stereocenters. The lowest BCUT2D eigenvalue weighted by Gasteiger charge is -2.19. The van der Waals surface area contributed by atoms with Crippen molar-refractivity contribution in [3.05, 3.63) is 57.0 Å². The van der Waals surface area contributed by atoms with Gasteiger partial charge in [0.1, 0.15) is 0 Å². The Kier molecular flexibility index (Phi) is 6.34. The molecular weight excluding hydrogens is 378 g/mol. The maximum atomic E-state index is 13.0. The summed E-state index contributed by atoms with van der Waals surface area (Å²) in [5.41, 5.74) is 1.75. The van der Waals surface area contributed by atoms with Crippen LogP contribution < -0.4 is 5.56 Å². The molecule has 2 aromatic heterocycles. The molecule has 0 radical (unpaired) electrons. The van der Waals surface area contributed by atoms with Crippen LogP contribution in [0.15, 0.2) is 51.0 Å². The highest BCUT2D eigenvalue weighted by Crippen LogP contribution is 2.23. The highest BCUT2D eigenvalue weighted by Gasteiger charge is 2.18. The Bertz CT molecular complexity index is 983. The normalized spacial score (nSPS) is 12.3. The molecule has 1 atom stereocenters. The van der Waals surface area contributed by atoms with E-state index in [2.05, 4.69) is 4.98 Å². The van der Waals surface area contributed by atoms with Gasteiger partial charge in [-0.05, 0) is 47.9 Å². The quantitative estimate of drug-likeness (QED) is 0.440. The van der Waals surface area contributed by atoms with Crippen molar-refractivity contribution in [1.82, 2.24) is 14.5 Å². The molecule has 5 nitrogen and oxygen atoms in total. The molecular formula is C20H23N3O2S2. The van der Waals surface area contributed by atoms with Gasteiger partial charge in [0.2, 0.25) is 5.91 Å². The van der Waals surface area contributed by atoms with E-state index in [-0.39, 0.29) is 23.3 Å². The van der Waals surface area contributed by atoms with Crippen molar-refractivity contribution >= 4 is 39.9 Å². The zero-order valence-corrected chi connectivity index (χ0v) is 17.3. The van der Waals surface area contributed by atoms with Gasteiger partial charge < -0.3 is 4.90 Å². The summed E-state index contributed by atoms with van der Waals surface area (Å²) in [6, 6.07) is 9.41. The number of carbonyl (C=O) groups excluding carboxylic acids is 1. The summed E-state index contributed by atoms with van der Waals surface area (Å²) >= 11 is 2.95. The predicted octanol–water partition coefficient (Wildman–Crippen LogP) is 4.18. The summed E-state index contributed by atoms with van der Waals surface area (Å²) in [5.74, 6) is 0.270. The first-order valence-electron chi connectivity index (χ1n) is 8.90. The SMILES string of the molecule is CC[C@H](C)n1c(SCC(=O)N(C)Cc2ccsc2)nc2ccccc2c1=O. The van der Waals surface area contributed by atoms with Crippen molar-refractivity contribution in [2.24, 2.45) is 0 Å². The molecule has 27 heavy (non-hydrogen) atoms. The van der Waals surface area contributed by atoms with Gasteiger partial charge in [-0.3, -0.25) is 14.2 Å². The van der Waals surface area contributed by atoms with Gasteiger partial charge in [0, 0.05) is 19.6 Å². The number of rotatable bonds is 7. The smallest absolute Gasteiger partial charge is 0.262 e. The van der Waals surface area contributed by atoms with E-state index >= 15 is 0 Å². The number of aromatic nitrogens is 2. The van der Waals surface area contributed by atoms with E-state index in [9.17, 15) is 9.59 Å². The van der Waals surface area contributed by atoms with Gasteiger partial charge in [-0.1, -0.05) is 30.8 Å². The highest BCUT2D eigenvalue weighted by atomic mass is 32.2. The van der Waals surface area contributed by atoms with Gasteiger partial charge in [0.25, 0.3) is 5.56 Å². The fourth-order valence-corrected chi connectivity index (χ4v) is 4.48. The van der Waals surface area contributed by atoms with E-state index < -0.39 is 0 Å². The molecule has 0 aliphatic heterocycles. The molecule has 1 aromatic carbocycles. The molecule has 0 aliphatic rings. The van der Waals surface area contributed by atoms with Crippen LogP contribution in [-0.4, -0.2) is 33.2 Å². The van der Waals surface area contributed by atoms with E-state index in [1.165, 1.54) is 11.8 Å². The Morgan fingerprint density at radius 1 is 1.33 bits per heavy atom. The molecule has 2 heterocycles. The molecule has 3 aromatic rings. The second-order valence-corrected chi connectivity index (χ2v) is 8.24. The molecule has 3 rings (SSSR count). The number of amides is 1. The summed E-state index contributed by atoms with van der Waals surface area (Å²) in [6.45, 7) is 4.64. The minimum Gasteiger partial charge on any atom is -0.341 e. The number of hydrogen-bond donors (Lipinski definition) is 0. The molecule has 0 spiro atoms. The average Bonchev–Trinajstić information content (AvgIpc) is 3.18. The molecule has 142 valence electrons. The van der Waals surface area contributed by atoms with Gasteiger partial charge in [-0.15, -0.1) is 0 Å². The lowest BCUT2D eigenvalue weighted by Crippen LogP contribution is -2.29. The molecule has 0 fully saturated rings. The first-order chi connectivity index (χ1) is 13.0. The number of benzene rings is 1. The van der Waals surface area contributed by atoms with E-state index in [4.69, 9.17) is 0 Å². The third-order valence-corrected chi connectivity index (χ3v) is 6.23. The first-order valence-corrected chi connectivity index (χ1v) is 10.8. The molecule has 0 N–H and O–H groups in total. The van der Waals surface area contributed by atoms with Crippen LogP contribution in [0.2, 0.25) is 0 Å². The minimum absolute atomic E-state index is 0.0179. The number of hydrogen-bond acceptors (Lipinski definition) is 5. The van der Waals surface area contributed by atoms with Crippen molar-refractivity contribution in [1.29, 1.82) is 0 Å². The number of nitrogens with zero attached hydrogens (tertiary/aromatic N) is 3. The molecule has 0 aliphatic carbocycles. The lowest BCUT2D eigenvalue weighted by atomic mass is 10.2. The van der Waals surface area contributed by atoms with Gasteiger partial charge in [0.15, 0.2) is 5.16 Å². The van der Waals surface area contributed by atoms with Crippen molar-refractivity contribution in [2.45, 2.75) is 38.0 Å². The van der Waals surface area contributed by atoms with Crippen LogP contribution in [0, 0.1) is 0 Å². The third kappa shape index (κ3) is 4.42. The summed E-state index contributed by atoms with van der Waals surface area (Å²) in [6.07, 6.45) is 0.819. The lowest BCUT2D eigenvalue weighted by molar-refractivity contribution is -0.127. The Morgan fingerprint density at radius 2 is 2.11 bits per heavy atom. The number of thioether (sulfide) groups is 1. The minimum atomic E-state index is -0.0449. The van der Waals surface area contributed by atoms with Gasteiger partial charge in [-0.2, -0.15) is 11.3 Å². The average molecular weight is 402 g/mol. The van der Waals surface area contributed by atoms with Crippen molar-refractivity contribution in [3.63, 3.8) is 0 Å². The van der Waals surface area contributed by atoms with Crippen LogP contribution in [0.3, 0.4) is 0 Å². The van der Waals surface area contributed by atoms with Gasteiger partial charge >= 0.3 is 0 Å². The number of fused-ring (bicyclic) bond motifs is 1. The highest BCUT2D eigenvalue weighted by molar-refractivity contribution is 7.99. The van der Waals surface area contributed by atoms with E-state index in [1.54, 1.807) is 33.9 Å². The number of thiophene rings is 1. The van der Waals surface area contributed by atoms with E-state index in [1.807, 2.05) is 48.9 Å². The van der Waals surface area contributed by atoms with Crippen molar-refractivity contribution in [2.75, 3.05) is 12.8 Å². The molecule has 0 bridgehead atoms. The summed E-state index contributed by atoms with van der Waals surface area (Å²) in [7, 11) is 1.80. The largest absolute Gasteiger partial charge is 0.341 e. The number of para-hydroxylation sites is 1. The van der Waals surface area contributed by atoms with Crippen LogP contribution in [0.5, 0.6) is 0 Å². The fraction of sp³-hybridized carbons (Fsp3) is 0.350. The fourth-order valence-electron chi connectivity index (χ4n) is 2.78. The van der Waals surface area contributed by atoms with Crippen LogP contribution in [0.1, 0.15) is 31.9 Å². The predicted molar refractivity (Wildman–Crippen MR) is 113 cm³/mol. The zero-order valence-electron chi connectivity index (χ0n) is 15.7. The van der Waals surface area contributed by atoms with Crippen LogP contribution >= 0.6 is 23.1 Å². The van der Waals surface area contributed by atoms with Crippen molar-refractivity contribution in [3.8, 4) is 0 Å². The van der Waals surface area contributed by atoms with E-state index in [0.29, 0.717) is 22.6 Å². The second-order valence-electron chi connectivity index (χ2n) is 6.51. The third-order valence-electron chi connectivity index (χ3n) is 4.56. The second kappa shape index (κ2) is 8.71. The molecule has 1 amide bonds. The Labute approximate surface area is 167 Å². The molecule has 0 saturated heterocycles. The Balaban J connectivity index is 1.83. The van der Waals surface area contributed by atoms with Crippen LogP contribution in [-0.2, 0) is 11.3 Å². The molecule has 7 heteroatoms. The van der Waals surface area contributed by atoms with Crippen LogP contribution in [0.25, 0.3) is 10.9 Å². The monoisotopic (exact) mass is 401 g/mol. The van der Waals surface area contributed by atoms with Crippen LogP contribution in [0.4, 0.5) is 0 Å². The zero-order chi connectivity index (χ0) is 19.4. The summed E-state index contributed by atoms with van der Waals surface area (Å²) in [4.78, 5) is 31.9. The topological polar surface area (TPSA) is 55.2 Å². The van der Waals surface area contributed by atoms with Crippen molar-refractivity contribution < 1.29 is 4.79 Å². The molecule has 0 saturated carbocycles. The maximum absolute atomic E-state index is 13.0. The van der Waals surface area contributed by atoms with Gasteiger partial charge in [0.05, 0.1) is 16.7 Å². The maximum Gasteiger partial charge on any atom is 0.262 e. The van der Waals surface area contributed by atoms with E-state index in [0.717, 1.165) is 12.0 Å². The Hall–Kier alpha value is -2.12. The standard InChI is InChI=1S/C20H23N3O2S2/c1-4-14(2)23-19(25)16-7-5-6-8-17(16)21-20(23)27-13-18(24)22(3)11-15-9-10-26-12-15/h5-10,12,14H,4,11,13H2,1-3H3/t14-/m0/s1. The summed E-state index contributed by atoms with van der Waals surface area (Å²) < 4.78 is 1.72.